The number of aromatic nitrogens is 2. The van der Waals surface area contributed by atoms with Crippen molar-refractivity contribution < 1.29 is 14.2 Å². The van der Waals surface area contributed by atoms with E-state index in [0.717, 1.165) is 11.4 Å². The molecule has 1 heterocycles. The van der Waals surface area contributed by atoms with Crippen LogP contribution in [0, 0.1) is 12.7 Å². The van der Waals surface area contributed by atoms with Crippen molar-refractivity contribution in [1.82, 2.24) is 9.78 Å². The highest BCUT2D eigenvalue weighted by atomic mass is 19.1. The highest BCUT2D eigenvalue weighted by Crippen LogP contribution is 2.34. The first-order valence-corrected chi connectivity index (χ1v) is 6.40. The maximum Gasteiger partial charge on any atom is 0.133 e. The summed E-state index contributed by atoms with van der Waals surface area (Å²) in [7, 11) is 3.26. The van der Waals surface area contributed by atoms with Gasteiger partial charge in [-0.15, -0.1) is 0 Å². The van der Waals surface area contributed by atoms with Crippen molar-refractivity contribution in [2.75, 3.05) is 7.11 Å². The van der Waals surface area contributed by atoms with E-state index >= 15 is 0 Å². The Bertz CT molecular complexity index is 620. The number of aliphatic hydroxyl groups is 1. The van der Waals surface area contributed by atoms with Gasteiger partial charge < -0.3 is 9.84 Å². The Morgan fingerprint density at radius 3 is 2.70 bits per heavy atom. The summed E-state index contributed by atoms with van der Waals surface area (Å²) in [6, 6.07) is 6.39. The predicted molar refractivity (Wildman–Crippen MR) is 74.2 cm³/mol. The summed E-state index contributed by atoms with van der Waals surface area (Å²) in [5.74, 6) is -0.137. The van der Waals surface area contributed by atoms with Crippen molar-refractivity contribution in [3.8, 4) is 5.75 Å². The van der Waals surface area contributed by atoms with Crippen LogP contribution in [0.2, 0.25) is 0 Å². The van der Waals surface area contributed by atoms with Gasteiger partial charge in [0.1, 0.15) is 11.6 Å². The molecule has 2 aromatic rings. The van der Waals surface area contributed by atoms with Gasteiger partial charge in [-0.2, -0.15) is 5.10 Å². The summed E-state index contributed by atoms with van der Waals surface area (Å²) >= 11 is 0. The minimum atomic E-state index is -1.38. The Balaban J connectivity index is 2.42. The summed E-state index contributed by atoms with van der Waals surface area (Å²) in [6.45, 7) is 3.46. The Hall–Kier alpha value is -1.88. The average Bonchev–Trinajstić information content (AvgIpc) is 2.66. The van der Waals surface area contributed by atoms with Crippen molar-refractivity contribution in [2.45, 2.75) is 25.9 Å². The van der Waals surface area contributed by atoms with Crippen LogP contribution in [0.15, 0.2) is 24.3 Å². The molecule has 1 N–H and O–H groups in total. The van der Waals surface area contributed by atoms with Crippen LogP contribution in [0.5, 0.6) is 5.75 Å². The molecule has 1 atom stereocenters. The first-order chi connectivity index (χ1) is 9.35. The third-order valence-corrected chi connectivity index (χ3v) is 3.36. The quantitative estimate of drug-likeness (QED) is 0.933. The number of methoxy groups -OCH3 is 1. The Morgan fingerprint density at radius 2 is 2.15 bits per heavy atom. The number of hydrogen-bond acceptors (Lipinski definition) is 3. The second-order valence-corrected chi connectivity index (χ2v) is 5.17. The number of benzene rings is 1. The minimum absolute atomic E-state index is 0.168. The number of hydrogen-bond donors (Lipinski definition) is 1. The molecule has 0 aliphatic rings. The molecule has 0 amide bonds. The van der Waals surface area contributed by atoms with Crippen LogP contribution < -0.4 is 4.74 Å². The fourth-order valence-corrected chi connectivity index (χ4v) is 2.47. The Labute approximate surface area is 117 Å². The lowest BCUT2D eigenvalue weighted by molar-refractivity contribution is 0.0490. The largest absolute Gasteiger partial charge is 0.496 e. The van der Waals surface area contributed by atoms with Gasteiger partial charge in [0.05, 0.1) is 24.0 Å². The van der Waals surface area contributed by atoms with Gasteiger partial charge in [0.2, 0.25) is 0 Å². The molecule has 0 saturated carbocycles. The molecule has 108 valence electrons. The normalized spacial score (nSPS) is 14.1. The molecule has 1 aromatic carbocycles. The van der Waals surface area contributed by atoms with Crippen molar-refractivity contribution >= 4 is 0 Å². The third kappa shape index (κ3) is 2.67. The van der Waals surface area contributed by atoms with Gasteiger partial charge in [-0.25, -0.2) is 4.39 Å². The van der Waals surface area contributed by atoms with Gasteiger partial charge in [0, 0.05) is 19.2 Å². The van der Waals surface area contributed by atoms with Crippen LogP contribution in [0.3, 0.4) is 0 Å². The van der Waals surface area contributed by atoms with Crippen LogP contribution in [-0.2, 0) is 19.1 Å². The topological polar surface area (TPSA) is 47.3 Å². The van der Waals surface area contributed by atoms with E-state index in [0.29, 0.717) is 5.75 Å². The summed E-state index contributed by atoms with van der Waals surface area (Å²) < 4.78 is 20.9. The van der Waals surface area contributed by atoms with Gasteiger partial charge in [-0.1, -0.05) is 6.07 Å². The van der Waals surface area contributed by atoms with Crippen LogP contribution in [0.1, 0.15) is 23.9 Å². The standard InChI is InChI=1S/C15H19FN2O2/c1-10-8-11(18(3)17-10)9-15(2,19)14-12(16)6-5-7-13(14)20-4/h5-8,19H,9H2,1-4H3. The number of ether oxygens (including phenoxy) is 1. The van der Waals surface area contributed by atoms with E-state index in [1.807, 2.05) is 13.0 Å². The molecule has 4 nitrogen and oxygen atoms in total. The van der Waals surface area contributed by atoms with Crippen molar-refractivity contribution in [3.63, 3.8) is 0 Å². The number of halogens is 1. The van der Waals surface area contributed by atoms with Crippen LogP contribution >= 0.6 is 0 Å². The van der Waals surface area contributed by atoms with E-state index in [2.05, 4.69) is 5.10 Å². The molecule has 0 bridgehead atoms. The molecule has 2 rings (SSSR count). The van der Waals surface area contributed by atoms with E-state index in [4.69, 9.17) is 4.74 Å². The molecule has 1 aromatic heterocycles. The maximum absolute atomic E-state index is 14.1. The molecule has 0 saturated heterocycles. The van der Waals surface area contributed by atoms with Crippen molar-refractivity contribution in [1.29, 1.82) is 0 Å². The zero-order chi connectivity index (χ0) is 14.9. The number of rotatable bonds is 4. The van der Waals surface area contributed by atoms with Gasteiger partial charge in [0.15, 0.2) is 0 Å². The zero-order valence-electron chi connectivity index (χ0n) is 12.1. The third-order valence-electron chi connectivity index (χ3n) is 3.36. The van der Waals surface area contributed by atoms with E-state index in [1.54, 1.807) is 30.8 Å². The summed E-state index contributed by atoms with van der Waals surface area (Å²) in [4.78, 5) is 0. The second kappa shape index (κ2) is 5.25. The molecule has 5 heteroatoms. The van der Waals surface area contributed by atoms with E-state index in [-0.39, 0.29) is 12.0 Å². The summed E-state index contributed by atoms with van der Waals surface area (Å²) in [5.41, 5.74) is 0.481. The highest BCUT2D eigenvalue weighted by Gasteiger charge is 2.31. The van der Waals surface area contributed by atoms with Crippen LogP contribution in [-0.4, -0.2) is 22.0 Å². The monoisotopic (exact) mass is 278 g/mol. The van der Waals surface area contributed by atoms with Gasteiger partial charge >= 0.3 is 0 Å². The van der Waals surface area contributed by atoms with E-state index in [9.17, 15) is 9.50 Å². The second-order valence-electron chi connectivity index (χ2n) is 5.17. The fourth-order valence-electron chi connectivity index (χ4n) is 2.47. The van der Waals surface area contributed by atoms with Crippen molar-refractivity contribution in [3.05, 3.63) is 47.0 Å². The molecular formula is C15H19FN2O2. The molecule has 0 fully saturated rings. The molecule has 0 spiro atoms. The molecule has 20 heavy (non-hydrogen) atoms. The number of aryl methyl sites for hydroxylation is 2. The van der Waals surface area contributed by atoms with Gasteiger partial charge in [-0.3, -0.25) is 4.68 Å². The van der Waals surface area contributed by atoms with Crippen LogP contribution in [0.25, 0.3) is 0 Å². The molecule has 0 aliphatic carbocycles. The summed E-state index contributed by atoms with van der Waals surface area (Å²) in [6.07, 6.45) is 0.252. The lowest BCUT2D eigenvalue weighted by Crippen LogP contribution is -2.27. The average molecular weight is 278 g/mol. The summed E-state index contributed by atoms with van der Waals surface area (Å²) in [5, 5.41) is 14.9. The van der Waals surface area contributed by atoms with Gasteiger partial charge in [-0.05, 0) is 32.0 Å². The maximum atomic E-state index is 14.1. The molecule has 1 unspecified atom stereocenters. The SMILES string of the molecule is COc1cccc(F)c1C(C)(O)Cc1cc(C)nn1C. The predicted octanol–water partition coefficient (Wildman–Crippen LogP) is 2.33. The fraction of sp³-hybridized carbons (Fsp3) is 0.400. The first kappa shape index (κ1) is 14.5. The Morgan fingerprint density at radius 1 is 1.45 bits per heavy atom. The smallest absolute Gasteiger partial charge is 0.133 e. The van der Waals surface area contributed by atoms with Crippen LogP contribution in [0.4, 0.5) is 4.39 Å². The molecule has 0 radical (unpaired) electrons. The van der Waals surface area contributed by atoms with Crippen molar-refractivity contribution in [2.24, 2.45) is 7.05 Å². The minimum Gasteiger partial charge on any atom is -0.496 e. The van der Waals surface area contributed by atoms with Gasteiger partial charge in [0.25, 0.3) is 0 Å². The lowest BCUT2D eigenvalue weighted by Gasteiger charge is -2.26. The van der Waals surface area contributed by atoms with E-state index < -0.39 is 11.4 Å². The lowest BCUT2D eigenvalue weighted by atomic mass is 9.89. The molecule has 0 aliphatic heterocycles. The highest BCUT2D eigenvalue weighted by molar-refractivity contribution is 5.39. The first-order valence-electron chi connectivity index (χ1n) is 6.40. The molecular weight excluding hydrogens is 259 g/mol. The zero-order valence-corrected chi connectivity index (χ0v) is 12.1. The number of nitrogens with zero attached hydrogens (tertiary/aromatic N) is 2. The van der Waals surface area contributed by atoms with E-state index in [1.165, 1.54) is 13.2 Å². The Kier molecular flexibility index (Phi) is 3.81.